The minimum absolute atomic E-state index is 0.709. The molecule has 0 aliphatic carbocycles. The van der Waals surface area contributed by atoms with Crippen molar-refractivity contribution < 1.29 is 0 Å². The maximum absolute atomic E-state index is 4.26. The molecule has 0 bridgehead atoms. The zero-order valence-corrected chi connectivity index (χ0v) is 10.2. The molecule has 5 heteroatoms. The van der Waals surface area contributed by atoms with Crippen LogP contribution in [0.25, 0.3) is 0 Å². The maximum atomic E-state index is 4.26. The summed E-state index contributed by atoms with van der Waals surface area (Å²) in [5.74, 6) is 1.45. The van der Waals surface area contributed by atoms with Gasteiger partial charge in [-0.25, -0.2) is 9.97 Å². The molecule has 5 nitrogen and oxygen atoms in total. The molecule has 0 spiro atoms. The van der Waals surface area contributed by atoms with Gasteiger partial charge in [-0.05, 0) is 32.9 Å². The first kappa shape index (κ1) is 11.3. The van der Waals surface area contributed by atoms with Gasteiger partial charge in [-0.15, -0.1) is 0 Å². The Labute approximate surface area is 100 Å². The van der Waals surface area contributed by atoms with E-state index in [1.54, 1.807) is 0 Å². The monoisotopic (exact) mass is 229 g/mol. The molecule has 2 rings (SSSR count). The fourth-order valence-corrected chi connectivity index (χ4v) is 1.53. The number of aromatic amines is 1. The molecule has 0 radical (unpaired) electrons. The first-order valence-electron chi connectivity index (χ1n) is 5.41. The highest BCUT2D eigenvalue weighted by molar-refractivity contribution is 5.97. The van der Waals surface area contributed by atoms with Gasteiger partial charge >= 0.3 is 0 Å². The molecule has 2 aromatic heterocycles. The normalized spacial score (nSPS) is 11.6. The second-order valence-electron chi connectivity index (χ2n) is 3.83. The molecule has 0 atom stereocenters. The van der Waals surface area contributed by atoms with Crippen LogP contribution in [0, 0.1) is 13.8 Å². The molecule has 0 saturated heterocycles. The Morgan fingerprint density at radius 1 is 1.35 bits per heavy atom. The van der Waals surface area contributed by atoms with E-state index in [0.717, 1.165) is 22.9 Å². The average Bonchev–Trinajstić information content (AvgIpc) is 2.78. The first-order valence-corrected chi connectivity index (χ1v) is 5.41. The van der Waals surface area contributed by atoms with Crippen LogP contribution >= 0.6 is 0 Å². The molecular formula is C12H15N5. The molecule has 2 N–H and O–H groups in total. The lowest BCUT2D eigenvalue weighted by molar-refractivity contribution is 1.00. The largest absolute Gasteiger partial charge is 0.360 e. The maximum Gasteiger partial charge on any atom is 0.150 e. The summed E-state index contributed by atoms with van der Waals surface area (Å²) in [5, 5.41) is 4.26. The molecular weight excluding hydrogens is 214 g/mol. The second-order valence-corrected chi connectivity index (χ2v) is 3.83. The number of nitrogens with one attached hydrogen (secondary N) is 2. The highest BCUT2D eigenvalue weighted by Crippen LogP contribution is 2.06. The number of hydrazone groups is 1. The molecule has 0 amide bonds. The van der Waals surface area contributed by atoms with Gasteiger partial charge in [0.25, 0.3) is 0 Å². The van der Waals surface area contributed by atoms with Gasteiger partial charge in [0, 0.05) is 18.0 Å². The van der Waals surface area contributed by atoms with Crippen molar-refractivity contribution >= 4 is 11.5 Å². The predicted molar refractivity (Wildman–Crippen MR) is 68.1 cm³/mol. The molecule has 2 aromatic rings. The van der Waals surface area contributed by atoms with Gasteiger partial charge in [0.2, 0.25) is 0 Å². The molecule has 0 aliphatic heterocycles. The van der Waals surface area contributed by atoms with Gasteiger partial charge in [0.15, 0.2) is 0 Å². The summed E-state index contributed by atoms with van der Waals surface area (Å²) in [6.07, 6.45) is 1.87. The number of aryl methyl sites for hydroxylation is 2. The predicted octanol–water partition coefficient (Wildman–Crippen LogP) is 2.26. The number of nitrogens with zero attached hydrogens (tertiary/aromatic N) is 3. The molecule has 0 aliphatic rings. The average molecular weight is 229 g/mol. The molecule has 88 valence electrons. The van der Waals surface area contributed by atoms with E-state index >= 15 is 0 Å². The van der Waals surface area contributed by atoms with E-state index in [1.807, 2.05) is 45.2 Å². The third-order valence-electron chi connectivity index (χ3n) is 2.29. The number of anilines is 1. The number of hydrogen-bond donors (Lipinski definition) is 2. The van der Waals surface area contributed by atoms with Crippen LogP contribution in [0.4, 0.5) is 5.82 Å². The van der Waals surface area contributed by atoms with E-state index in [2.05, 4.69) is 25.5 Å². The van der Waals surface area contributed by atoms with Crippen molar-refractivity contribution in [3.63, 3.8) is 0 Å². The topological polar surface area (TPSA) is 66.0 Å². The highest BCUT2D eigenvalue weighted by atomic mass is 15.3. The Morgan fingerprint density at radius 2 is 2.18 bits per heavy atom. The van der Waals surface area contributed by atoms with E-state index in [4.69, 9.17) is 0 Å². The summed E-state index contributed by atoms with van der Waals surface area (Å²) in [7, 11) is 0. The van der Waals surface area contributed by atoms with Crippen molar-refractivity contribution in [1.29, 1.82) is 0 Å². The highest BCUT2D eigenvalue weighted by Gasteiger charge is 1.99. The smallest absolute Gasteiger partial charge is 0.150 e. The lowest BCUT2D eigenvalue weighted by Gasteiger charge is -2.03. The van der Waals surface area contributed by atoms with Crippen molar-refractivity contribution in [3.05, 3.63) is 41.6 Å². The van der Waals surface area contributed by atoms with E-state index in [1.165, 1.54) is 0 Å². The van der Waals surface area contributed by atoms with Crippen molar-refractivity contribution in [2.75, 3.05) is 5.43 Å². The SMILES string of the molecule is C/C(=N\Nc1cc(C)nc(C)n1)c1ccc[nH]1. The van der Waals surface area contributed by atoms with Gasteiger partial charge in [0.05, 0.1) is 11.4 Å². The van der Waals surface area contributed by atoms with Gasteiger partial charge in [0.1, 0.15) is 11.6 Å². The van der Waals surface area contributed by atoms with Crippen molar-refractivity contribution in [1.82, 2.24) is 15.0 Å². The summed E-state index contributed by atoms with van der Waals surface area (Å²) < 4.78 is 0. The molecule has 17 heavy (non-hydrogen) atoms. The Hall–Kier alpha value is -2.17. The number of hydrogen-bond acceptors (Lipinski definition) is 4. The molecule has 2 heterocycles. The molecule has 0 saturated carbocycles. The lowest BCUT2D eigenvalue weighted by Crippen LogP contribution is -2.02. The first-order chi connectivity index (χ1) is 8.15. The number of rotatable bonds is 3. The van der Waals surface area contributed by atoms with Crippen LogP contribution in [0.1, 0.15) is 24.1 Å². The van der Waals surface area contributed by atoms with Crippen LogP contribution < -0.4 is 5.43 Å². The van der Waals surface area contributed by atoms with E-state index in [-0.39, 0.29) is 0 Å². The van der Waals surface area contributed by atoms with Crippen molar-refractivity contribution in [2.45, 2.75) is 20.8 Å². The van der Waals surface area contributed by atoms with E-state index in [0.29, 0.717) is 5.82 Å². The van der Waals surface area contributed by atoms with Gasteiger partial charge in [-0.3, -0.25) is 5.43 Å². The minimum Gasteiger partial charge on any atom is -0.360 e. The Morgan fingerprint density at radius 3 is 2.82 bits per heavy atom. The van der Waals surface area contributed by atoms with Crippen LogP contribution in [0.5, 0.6) is 0 Å². The van der Waals surface area contributed by atoms with Gasteiger partial charge in [-0.2, -0.15) is 5.10 Å². The fourth-order valence-electron chi connectivity index (χ4n) is 1.53. The standard InChI is InChI=1S/C12H15N5/c1-8-7-12(15-10(3)14-8)17-16-9(2)11-5-4-6-13-11/h4-7,13H,1-3H3,(H,14,15,17)/b16-9+. The van der Waals surface area contributed by atoms with Crippen LogP contribution in [0.15, 0.2) is 29.5 Å². The minimum atomic E-state index is 0.709. The van der Waals surface area contributed by atoms with Crippen LogP contribution in [-0.4, -0.2) is 20.7 Å². The quantitative estimate of drug-likeness (QED) is 0.626. The van der Waals surface area contributed by atoms with Gasteiger partial charge < -0.3 is 4.98 Å². The third-order valence-corrected chi connectivity index (χ3v) is 2.29. The Kier molecular flexibility index (Phi) is 3.18. The van der Waals surface area contributed by atoms with Crippen LogP contribution in [0.2, 0.25) is 0 Å². The summed E-state index contributed by atoms with van der Waals surface area (Å²) in [5.41, 5.74) is 5.72. The Bertz CT molecular complexity index is 508. The molecule has 0 unspecified atom stereocenters. The fraction of sp³-hybridized carbons (Fsp3) is 0.250. The third kappa shape index (κ3) is 2.90. The van der Waals surface area contributed by atoms with Crippen molar-refractivity contribution in [2.24, 2.45) is 5.10 Å². The molecule has 0 fully saturated rings. The van der Waals surface area contributed by atoms with E-state index in [9.17, 15) is 0 Å². The van der Waals surface area contributed by atoms with Crippen LogP contribution in [0.3, 0.4) is 0 Å². The zero-order chi connectivity index (χ0) is 12.3. The lowest BCUT2D eigenvalue weighted by atomic mass is 10.3. The Balaban J connectivity index is 2.14. The number of H-pyrrole nitrogens is 1. The summed E-state index contributed by atoms with van der Waals surface area (Å²) in [6.45, 7) is 5.72. The summed E-state index contributed by atoms with van der Waals surface area (Å²) in [4.78, 5) is 11.5. The van der Waals surface area contributed by atoms with Crippen molar-refractivity contribution in [3.8, 4) is 0 Å². The zero-order valence-electron chi connectivity index (χ0n) is 10.2. The van der Waals surface area contributed by atoms with Crippen LogP contribution in [-0.2, 0) is 0 Å². The second kappa shape index (κ2) is 4.78. The van der Waals surface area contributed by atoms with Gasteiger partial charge in [-0.1, -0.05) is 0 Å². The summed E-state index contributed by atoms with van der Waals surface area (Å²) >= 11 is 0. The number of aromatic nitrogens is 3. The van der Waals surface area contributed by atoms with E-state index < -0.39 is 0 Å². The molecule has 0 aromatic carbocycles. The summed E-state index contributed by atoms with van der Waals surface area (Å²) in [6, 6.07) is 5.77.